The van der Waals surface area contributed by atoms with Gasteiger partial charge in [0.25, 0.3) is 5.91 Å². The van der Waals surface area contributed by atoms with Crippen molar-refractivity contribution in [1.82, 2.24) is 9.88 Å². The van der Waals surface area contributed by atoms with E-state index in [1.165, 1.54) is 11.9 Å². The van der Waals surface area contributed by atoms with Crippen LogP contribution in [-0.2, 0) is 0 Å². The van der Waals surface area contributed by atoms with E-state index in [9.17, 15) is 9.90 Å². The molecule has 30 heavy (non-hydrogen) atoms. The average Bonchev–Trinajstić information content (AvgIpc) is 2.78. The Bertz CT molecular complexity index is 1010. The highest BCUT2D eigenvalue weighted by Gasteiger charge is 2.33. The van der Waals surface area contributed by atoms with Crippen LogP contribution < -0.4 is 4.72 Å². The molecule has 4 rings (SSSR count). The van der Waals surface area contributed by atoms with E-state index in [1.54, 1.807) is 11.1 Å². The molecule has 0 unspecified atom stereocenters. The minimum absolute atomic E-state index is 0.0292. The molecule has 3 aromatic rings. The van der Waals surface area contributed by atoms with Gasteiger partial charge in [-0.15, -0.1) is 0 Å². The number of amides is 1. The molecule has 3 N–H and O–H groups in total. The van der Waals surface area contributed by atoms with Crippen LogP contribution >= 0.6 is 11.9 Å². The van der Waals surface area contributed by atoms with Gasteiger partial charge in [-0.3, -0.25) is 9.78 Å². The number of aromatic nitrogens is 1. The van der Waals surface area contributed by atoms with Gasteiger partial charge in [-0.25, -0.2) is 0 Å². The smallest absolute Gasteiger partial charge is 0.253 e. The number of hydrogen-bond donors (Lipinski definition) is 3. The first-order valence-corrected chi connectivity index (χ1v) is 10.9. The van der Waals surface area contributed by atoms with E-state index in [0.717, 1.165) is 21.5 Å². The Morgan fingerprint density at radius 1 is 1.10 bits per heavy atom. The number of aliphatic hydroxyl groups is 2. The molecule has 0 saturated carbocycles. The summed E-state index contributed by atoms with van der Waals surface area (Å²) in [6.07, 6.45) is 3.14. The number of rotatable bonds is 6. The summed E-state index contributed by atoms with van der Waals surface area (Å²) in [6.45, 7) is 0.963. The Kier molecular flexibility index (Phi) is 6.22. The van der Waals surface area contributed by atoms with E-state index in [0.29, 0.717) is 37.9 Å². The topological polar surface area (TPSA) is 85.7 Å². The van der Waals surface area contributed by atoms with Gasteiger partial charge in [0.05, 0.1) is 16.0 Å². The summed E-state index contributed by atoms with van der Waals surface area (Å²) in [6, 6.07) is 17.5. The van der Waals surface area contributed by atoms with Gasteiger partial charge >= 0.3 is 0 Å². The fraction of sp³-hybridized carbons (Fsp3) is 0.304. The van der Waals surface area contributed by atoms with E-state index < -0.39 is 5.60 Å². The highest BCUT2D eigenvalue weighted by atomic mass is 32.2. The van der Waals surface area contributed by atoms with Crippen LogP contribution in [-0.4, -0.2) is 51.3 Å². The summed E-state index contributed by atoms with van der Waals surface area (Å²) in [5.41, 5.74) is 1.63. The molecule has 0 spiro atoms. The monoisotopic (exact) mass is 423 g/mol. The first kappa shape index (κ1) is 20.7. The summed E-state index contributed by atoms with van der Waals surface area (Å²) >= 11 is 1.49. The van der Waals surface area contributed by atoms with Crippen LogP contribution in [0.4, 0.5) is 5.69 Å². The lowest BCUT2D eigenvalue weighted by Crippen LogP contribution is -2.47. The SMILES string of the molecule is O=C(c1ccc(NSc2cccc3cccnc23)cc1)N1CCC(O)(CCO)CC1. The van der Waals surface area contributed by atoms with Gasteiger partial charge in [0, 0.05) is 42.5 Å². The second-order valence-electron chi connectivity index (χ2n) is 7.60. The van der Waals surface area contributed by atoms with Crippen molar-refractivity contribution in [2.75, 3.05) is 24.4 Å². The number of aliphatic hydroxyl groups excluding tert-OH is 1. The number of anilines is 1. The molecule has 156 valence electrons. The Morgan fingerprint density at radius 2 is 1.83 bits per heavy atom. The Balaban J connectivity index is 1.37. The molecule has 2 aromatic carbocycles. The zero-order chi connectivity index (χ0) is 21.0. The number of piperidine rings is 1. The Labute approximate surface area is 180 Å². The summed E-state index contributed by atoms with van der Waals surface area (Å²) in [4.78, 5) is 20.0. The minimum atomic E-state index is -0.854. The number of nitrogens with one attached hydrogen (secondary N) is 1. The minimum Gasteiger partial charge on any atom is -0.396 e. The molecule has 0 radical (unpaired) electrons. The van der Waals surface area contributed by atoms with Gasteiger partial charge in [-0.2, -0.15) is 0 Å². The quantitative estimate of drug-likeness (QED) is 0.524. The summed E-state index contributed by atoms with van der Waals surface area (Å²) in [7, 11) is 0. The first-order chi connectivity index (χ1) is 14.6. The second kappa shape index (κ2) is 9.04. The van der Waals surface area contributed by atoms with Gasteiger partial charge < -0.3 is 19.8 Å². The largest absolute Gasteiger partial charge is 0.396 e. The lowest BCUT2D eigenvalue weighted by Gasteiger charge is -2.38. The highest BCUT2D eigenvalue weighted by Crippen LogP contribution is 2.28. The van der Waals surface area contributed by atoms with Crippen LogP contribution in [0.3, 0.4) is 0 Å². The first-order valence-electron chi connectivity index (χ1n) is 10.1. The number of nitrogens with zero attached hydrogens (tertiary/aromatic N) is 2. The van der Waals surface area contributed by atoms with Crippen molar-refractivity contribution in [3.05, 3.63) is 66.4 Å². The third kappa shape index (κ3) is 4.59. The molecular weight excluding hydrogens is 398 g/mol. The molecule has 1 aliphatic heterocycles. The van der Waals surface area contributed by atoms with Gasteiger partial charge in [-0.05, 0) is 67.6 Å². The van der Waals surface area contributed by atoms with Gasteiger partial charge in [-0.1, -0.05) is 18.2 Å². The summed E-state index contributed by atoms with van der Waals surface area (Å²) < 4.78 is 3.32. The number of hydrogen-bond acceptors (Lipinski definition) is 6. The van der Waals surface area contributed by atoms with Crippen molar-refractivity contribution in [3.63, 3.8) is 0 Å². The lowest BCUT2D eigenvalue weighted by atomic mass is 9.88. The third-order valence-corrected chi connectivity index (χ3v) is 6.45. The maximum atomic E-state index is 12.8. The van der Waals surface area contributed by atoms with Crippen molar-refractivity contribution >= 4 is 34.4 Å². The molecule has 0 aliphatic carbocycles. The molecule has 2 heterocycles. The van der Waals surface area contributed by atoms with E-state index in [-0.39, 0.29) is 12.5 Å². The number of carbonyl (C=O) groups is 1. The number of carbonyl (C=O) groups excluding carboxylic acids is 1. The van der Waals surface area contributed by atoms with E-state index in [4.69, 9.17) is 5.11 Å². The zero-order valence-electron chi connectivity index (χ0n) is 16.6. The number of para-hydroxylation sites is 1. The predicted octanol–water partition coefficient (Wildman–Crippen LogP) is 3.70. The molecule has 1 saturated heterocycles. The summed E-state index contributed by atoms with van der Waals surface area (Å²) in [5.74, 6) is -0.0292. The van der Waals surface area contributed by atoms with Crippen LogP contribution in [0, 0.1) is 0 Å². The van der Waals surface area contributed by atoms with Crippen LogP contribution in [0.5, 0.6) is 0 Å². The normalized spacial score (nSPS) is 15.9. The Morgan fingerprint density at radius 3 is 2.57 bits per heavy atom. The van der Waals surface area contributed by atoms with Crippen molar-refractivity contribution in [3.8, 4) is 0 Å². The predicted molar refractivity (Wildman–Crippen MR) is 119 cm³/mol. The molecule has 1 amide bonds. The maximum absolute atomic E-state index is 12.8. The average molecular weight is 424 g/mol. The molecule has 0 atom stereocenters. The zero-order valence-corrected chi connectivity index (χ0v) is 17.4. The standard InChI is InChI=1S/C23H25N3O3S/c27-16-12-23(29)10-14-26(15-11-23)22(28)18-6-8-19(9-7-18)25-30-20-5-1-3-17-4-2-13-24-21(17)20/h1-9,13,25,27,29H,10-12,14-16H2. The van der Waals surface area contributed by atoms with E-state index in [1.807, 2.05) is 54.6 Å². The maximum Gasteiger partial charge on any atom is 0.253 e. The fourth-order valence-corrected chi connectivity index (χ4v) is 4.50. The van der Waals surface area contributed by atoms with Crippen molar-refractivity contribution < 1.29 is 15.0 Å². The molecular formula is C23H25N3O3S. The van der Waals surface area contributed by atoms with Crippen molar-refractivity contribution in [2.24, 2.45) is 0 Å². The van der Waals surface area contributed by atoms with Crippen LogP contribution in [0.2, 0.25) is 0 Å². The highest BCUT2D eigenvalue weighted by molar-refractivity contribution is 8.00. The number of benzene rings is 2. The van der Waals surface area contributed by atoms with Crippen LogP contribution in [0.25, 0.3) is 10.9 Å². The molecule has 1 aromatic heterocycles. The number of likely N-dealkylation sites (tertiary alicyclic amines) is 1. The van der Waals surface area contributed by atoms with Crippen LogP contribution in [0.15, 0.2) is 65.7 Å². The fourth-order valence-electron chi connectivity index (χ4n) is 3.72. The van der Waals surface area contributed by atoms with Crippen molar-refractivity contribution in [1.29, 1.82) is 0 Å². The second-order valence-corrected chi connectivity index (χ2v) is 8.45. The van der Waals surface area contributed by atoms with E-state index in [2.05, 4.69) is 9.71 Å². The molecule has 6 nitrogen and oxygen atoms in total. The molecule has 1 fully saturated rings. The molecule has 0 bridgehead atoms. The number of fused-ring (bicyclic) bond motifs is 1. The molecule has 1 aliphatic rings. The van der Waals surface area contributed by atoms with Crippen LogP contribution in [0.1, 0.15) is 29.6 Å². The van der Waals surface area contributed by atoms with Crippen molar-refractivity contribution in [2.45, 2.75) is 29.8 Å². The van der Waals surface area contributed by atoms with Gasteiger partial charge in [0.15, 0.2) is 0 Å². The van der Waals surface area contributed by atoms with Gasteiger partial charge in [0.1, 0.15) is 0 Å². The number of pyridine rings is 1. The summed E-state index contributed by atoms with van der Waals surface area (Å²) in [5, 5.41) is 20.6. The van der Waals surface area contributed by atoms with Gasteiger partial charge in [0.2, 0.25) is 0 Å². The third-order valence-electron chi connectivity index (χ3n) is 5.56. The molecule has 7 heteroatoms. The van der Waals surface area contributed by atoms with E-state index >= 15 is 0 Å². The Hall–Kier alpha value is -2.61. The lowest BCUT2D eigenvalue weighted by molar-refractivity contribution is -0.0324.